The van der Waals surface area contributed by atoms with Gasteiger partial charge in [-0.2, -0.15) is 0 Å². The maximum Gasteiger partial charge on any atom is 0.160 e. The molecule has 1 rings (SSSR count). The summed E-state index contributed by atoms with van der Waals surface area (Å²) in [7, 11) is 0. The predicted octanol–water partition coefficient (Wildman–Crippen LogP) is 3.68. The fraction of sp³-hybridized carbons (Fsp3) is 0.692. The Kier molecular flexibility index (Phi) is 5.53. The summed E-state index contributed by atoms with van der Waals surface area (Å²) in [5.41, 5.74) is 6.87. The quantitative estimate of drug-likeness (QED) is 0.900. The Morgan fingerprint density at radius 2 is 1.83 bits per heavy atom. The molecule has 2 N–H and O–H groups in total. The van der Waals surface area contributed by atoms with Crippen molar-refractivity contribution in [1.82, 2.24) is 9.97 Å². The van der Waals surface area contributed by atoms with E-state index < -0.39 is 0 Å². The Bertz CT molecular complexity index is 407. The zero-order valence-corrected chi connectivity index (χ0v) is 13.3. The molecule has 0 bridgehead atoms. The summed E-state index contributed by atoms with van der Waals surface area (Å²) in [5.74, 6) is 1.76. The van der Waals surface area contributed by atoms with Crippen LogP contribution in [0.1, 0.15) is 58.2 Å². The molecule has 0 aliphatic carbocycles. The second-order valence-electron chi connectivity index (χ2n) is 4.94. The van der Waals surface area contributed by atoms with Gasteiger partial charge in [-0.3, -0.25) is 0 Å². The second-order valence-corrected chi connectivity index (χ2v) is 5.73. The lowest BCUT2D eigenvalue weighted by atomic mass is 10.1. The summed E-state index contributed by atoms with van der Waals surface area (Å²) < 4.78 is 6.52. The van der Waals surface area contributed by atoms with E-state index in [1.54, 1.807) is 0 Å². The van der Waals surface area contributed by atoms with Gasteiger partial charge in [0.25, 0.3) is 0 Å². The fourth-order valence-electron chi connectivity index (χ4n) is 1.76. The number of nitrogen functional groups attached to an aromatic ring is 1. The number of nitrogens with zero attached hydrogens (tertiary/aromatic N) is 2. The van der Waals surface area contributed by atoms with Crippen LogP contribution in [-0.4, -0.2) is 16.6 Å². The molecule has 0 aliphatic rings. The lowest BCUT2D eigenvalue weighted by Gasteiger charge is -2.21. The summed E-state index contributed by atoms with van der Waals surface area (Å²) >= 11 is 3.45. The molecule has 0 saturated carbocycles. The molecule has 1 heterocycles. The van der Waals surface area contributed by atoms with Crippen molar-refractivity contribution in [2.24, 2.45) is 5.92 Å². The van der Waals surface area contributed by atoms with Crippen molar-refractivity contribution in [3.63, 3.8) is 0 Å². The molecule has 18 heavy (non-hydrogen) atoms. The van der Waals surface area contributed by atoms with Gasteiger partial charge >= 0.3 is 0 Å². The normalized spacial score (nSPS) is 13.3. The first kappa shape index (κ1) is 15.4. The van der Waals surface area contributed by atoms with Gasteiger partial charge in [-0.15, -0.1) is 0 Å². The van der Waals surface area contributed by atoms with E-state index in [0.29, 0.717) is 24.2 Å². The number of rotatable bonds is 5. The van der Waals surface area contributed by atoms with Gasteiger partial charge in [-0.25, -0.2) is 9.97 Å². The van der Waals surface area contributed by atoms with E-state index in [4.69, 9.17) is 10.5 Å². The molecule has 102 valence electrons. The molecule has 4 nitrogen and oxygen atoms in total. The van der Waals surface area contributed by atoms with Crippen molar-refractivity contribution in [3.05, 3.63) is 16.0 Å². The Hall–Kier alpha value is -0.680. The van der Waals surface area contributed by atoms with E-state index >= 15 is 0 Å². The standard InChI is InChI=1S/C13H22BrN3O/c1-6-18-11(8(4)5)13-16-10(7(2)3)9(14)12(15)17-13/h7-8,11H,6H2,1-5H3,(H2,15,16,17). The maximum absolute atomic E-state index is 5.94. The summed E-state index contributed by atoms with van der Waals surface area (Å²) in [5, 5.41) is 0. The molecular weight excluding hydrogens is 294 g/mol. The van der Waals surface area contributed by atoms with Crippen molar-refractivity contribution in [2.75, 3.05) is 12.3 Å². The summed E-state index contributed by atoms with van der Waals surface area (Å²) in [6.07, 6.45) is -0.108. The average molecular weight is 316 g/mol. The molecule has 0 aromatic carbocycles. The molecule has 1 aromatic rings. The minimum Gasteiger partial charge on any atom is -0.383 e. The van der Waals surface area contributed by atoms with Gasteiger partial charge in [0.2, 0.25) is 0 Å². The first-order chi connectivity index (χ1) is 8.38. The SMILES string of the molecule is CCOC(c1nc(N)c(Br)c(C(C)C)n1)C(C)C. The van der Waals surface area contributed by atoms with Crippen LogP contribution in [0.5, 0.6) is 0 Å². The van der Waals surface area contributed by atoms with E-state index in [1.807, 2.05) is 6.92 Å². The molecule has 1 aromatic heterocycles. The third-order valence-electron chi connectivity index (χ3n) is 2.67. The molecular formula is C13H22BrN3O. The van der Waals surface area contributed by atoms with Gasteiger partial charge in [-0.1, -0.05) is 27.7 Å². The number of anilines is 1. The summed E-state index contributed by atoms with van der Waals surface area (Å²) in [6, 6.07) is 0. The molecule has 5 heteroatoms. The van der Waals surface area contributed by atoms with Gasteiger partial charge in [0, 0.05) is 6.61 Å². The van der Waals surface area contributed by atoms with Gasteiger partial charge < -0.3 is 10.5 Å². The first-order valence-corrected chi connectivity index (χ1v) is 7.12. The van der Waals surface area contributed by atoms with Gasteiger partial charge in [0.15, 0.2) is 5.82 Å². The van der Waals surface area contributed by atoms with E-state index in [-0.39, 0.29) is 12.0 Å². The average Bonchev–Trinajstić information content (AvgIpc) is 2.28. The Morgan fingerprint density at radius 1 is 1.22 bits per heavy atom. The summed E-state index contributed by atoms with van der Waals surface area (Å²) in [4.78, 5) is 8.96. The van der Waals surface area contributed by atoms with Gasteiger partial charge in [-0.05, 0) is 34.7 Å². The third kappa shape index (κ3) is 3.42. The predicted molar refractivity (Wildman–Crippen MR) is 77.4 cm³/mol. The van der Waals surface area contributed by atoms with Crippen molar-refractivity contribution < 1.29 is 4.74 Å². The first-order valence-electron chi connectivity index (χ1n) is 6.32. The van der Waals surface area contributed by atoms with Crippen LogP contribution in [0.25, 0.3) is 0 Å². The lowest BCUT2D eigenvalue weighted by Crippen LogP contribution is -2.17. The number of halogens is 1. The van der Waals surface area contributed by atoms with Crippen molar-refractivity contribution >= 4 is 21.7 Å². The monoisotopic (exact) mass is 315 g/mol. The van der Waals surface area contributed by atoms with Crippen molar-refractivity contribution in [2.45, 2.75) is 46.6 Å². The third-order valence-corrected chi connectivity index (χ3v) is 3.49. The Labute approximate surface area is 117 Å². The van der Waals surface area contributed by atoms with Crippen LogP contribution in [0.15, 0.2) is 4.47 Å². The number of aromatic nitrogens is 2. The summed E-state index contributed by atoms with van der Waals surface area (Å²) in [6.45, 7) is 11.0. The zero-order chi connectivity index (χ0) is 13.9. The molecule has 1 unspecified atom stereocenters. The number of hydrogen-bond donors (Lipinski definition) is 1. The smallest absolute Gasteiger partial charge is 0.160 e. The van der Waals surface area contributed by atoms with Gasteiger partial charge in [0.1, 0.15) is 11.9 Å². The van der Waals surface area contributed by atoms with Crippen LogP contribution in [0.4, 0.5) is 5.82 Å². The highest BCUT2D eigenvalue weighted by molar-refractivity contribution is 9.10. The largest absolute Gasteiger partial charge is 0.383 e. The van der Waals surface area contributed by atoms with Crippen LogP contribution < -0.4 is 5.73 Å². The van der Waals surface area contributed by atoms with Crippen LogP contribution in [0.3, 0.4) is 0 Å². The number of hydrogen-bond acceptors (Lipinski definition) is 4. The van der Waals surface area contributed by atoms with Crippen LogP contribution in [0.2, 0.25) is 0 Å². The van der Waals surface area contributed by atoms with E-state index in [9.17, 15) is 0 Å². The van der Waals surface area contributed by atoms with Crippen LogP contribution in [0, 0.1) is 5.92 Å². The zero-order valence-electron chi connectivity index (χ0n) is 11.7. The van der Waals surface area contributed by atoms with Crippen molar-refractivity contribution in [3.8, 4) is 0 Å². The number of ether oxygens (including phenoxy) is 1. The molecule has 0 aliphatic heterocycles. The van der Waals surface area contributed by atoms with Crippen LogP contribution >= 0.6 is 15.9 Å². The highest BCUT2D eigenvalue weighted by atomic mass is 79.9. The second kappa shape index (κ2) is 6.48. The van der Waals surface area contributed by atoms with Crippen molar-refractivity contribution in [1.29, 1.82) is 0 Å². The van der Waals surface area contributed by atoms with Crippen LogP contribution in [-0.2, 0) is 4.74 Å². The Balaban J connectivity index is 3.23. The highest BCUT2D eigenvalue weighted by Crippen LogP contribution is 2.31. The fourth-order valence-corrected chi connectivity index (χ4v) is 2.39. The van der Waals surface area contributed by atoms with Gasteiger partial charge in [0.05, 0.1) is 10.2 Å². The molecule has 0 fully saturated rings. The number of nitrogens with two attached hydrogens (primary N) is 1. The molecule has 1 atom stereocenters. The molecule has 0 saturated heterocycles. The van der Waals surface area contributed by atoms with E-state index in [1.165, 1.54) is 0 Å². The minimum absolute atomic E-state index is 0.108. The Morgan fingerprint density at radius 3 is 2.28 bits per heavy atom. The maximum atomic E-state index is 5.94. The molecule has 0 amide bonds. The van der Waals surface area contributed by atoms with E-state index in [2.05, 4.69) is 53.6 Å². The lowest BCUT2D eigenvalue weighted by molar-refractivity contribution is 0.0231. The van der Waals surface area contributed by atoms with E-state index in [0.717, 1.165) is 10.2 Å². The highest BCUT2D eigenvalue weighted by Gasteiger charge is 2.22. The molecule has 0 spiro atoms. The topological polar surface area (TPSA) is 61.0 Å². The minimum atomic E-state index is -0.108. The molecule has 0 radical (unpaired) electrons.